The number of aliphatic imine (C=N–C) groups is 1. The SMILES string of the molecule is CN=C(NCC1CCCN(C)C1)N(C)Cc1ccc(SC)cc1.I. The van der Waals surface area contributed by atoms with Crippen molar-refractivity contribution in [2.75, 3.05) is 47.0 Å². The monoisotopic (exact) mass is 462 g/mol. The number of benzene rings is 1. The van der Waals surface area contributed by atoms with Crippen LogP contribution in [0, 0.1) is 5.92 Å². The summed E-state index contributed by atoms with van der Waals surface area (Å²) >= 11 is 1.78. The summed E-state index contributed by atoms with van der Waals surface area (Å²) in [6, 6.07) is 8.77. The van der Waals surface area contributed by atoms with Gasteiger partial charge in [-0.25, -0.2) is 0 Å². The van der Waals surface area contributed by atoms with Crippen LogP contribution in [0.15, 0.2) is 34.2 Å². The van der Waals surface area contributed by atoms with Crippen molar-refractivity contribution < 1.29 is 0 Å². The van der Waals surface area contributed by atoms with E-state index in [-0.39, 0.29) is 24.0 Å². The van der Waals surface area contributed by atoms with Crippen molar-refractivity contribution in [2.24, 2.45) is 10.9 Å². The van der Waals surface area contributed by atoms with Gasteiger partial charge in [0.1, 0.15) is 0 Å². The van der Waals surface area contributed by atoms with E-state index in [4.69, 9.17) is 0 Å². The van der Waals surface area contributed by atoms with Crippen molar-refractivity contribution in [2.45, 2.75) is 24.3 Å². The van der Waals surface area contributed by atoms with Gasteiger partial charge in [-0.1, -0.05) is 12.1 Å². The summed E-state index contributed by atoms with van der Waals surface area (Å²) in [5.41, 5.74) is 1.31. The predicted molar refractivity (Wildman–Crippen MR) is 117 cm³/mol. The molecule has 6 heteroatoms. The maximum absolute atomic E-state index is 4.44. The van der Waals surface area contributed by atoms with Gasteiger partial charge in [0.25, 0.3) is 0 Å². The Morgan fingerprint density at radius 2 is 2.08 bits per heavy atom. The first-order chi connectivity index (χ1) is 11.1. The normalized spacial score (nSPS) is 18.8. The minimum atomic E-state index is 0. The van der Waals surface area contributed by atoms with Crippen LogP contribution in [0.25, 0.3) is 0 Å². The van der Waals surface area contributed by atoms with Crippen LogP contribution in [0.5, 0.6) is 0 Å². The van der Waals surface area contributed by atoms with Gasteiger partial charge in [-0.05, 0) is 56.3 Å². The highest BCUT2D eigenvalue weighted by atomic mass is 127. The standard InChI is InChI=1S/C18H30N4S.HI/c1-19-18(20-12-16-6-5-11-21(2)13-16)22(3)14-15-7-9-17(23-4)10-8-15;/h7-10,16H,5-6,11-14H2,1-4H3,(H,19,20);1H. The van der Waals surface area contributed by atoms with Crippen LogP contribution < -0.4 is 5.32 Å². The highest BCUT2D eigenvalue weighted by Crippen LogP contribution is 2.16. The van der Waals surface area contributed by atoms with E-state index in [2.05, 4.69) is 64.7 Å². The van der Waals surface area contributed by atoms with Gasteiger partial charge in [0.15, 0.2) is 5.96 Å². The van der Waals surface area contributed by atoms with Gasteiger partial charge in [0.2, 0.25) is 0 Å². The summed E-state index contributed by atoms with van der Waals surface area (Å²) < 4.78 is 0. The smallest absolute Gasteiger partial charge is 0.193 e. The number of guanidine groups is 1. The van der Waals surface area contributed by atoms with Gasteiger partial charge in [-0.15, -0.1) is 35.7 Å². The molecule has 0 aromatic heterocycles. The zero-order valence-corrected chi connectivity index (χ0v) is 18.4. The molecule has 0 bridgehead atoms. The van der Waals surface area contributed by atoms with Gasteiger partial charge in [0, 0.05) is 38.6 Å². The lowest BCUT2D eigenvalue weighted by Crippen LogP contribution is -2.44. The predicted octanol–water partition coefficient (Wildman–Crippen LogP) is 3.38. The number of likely N-dealkylation sites (tertiary alicyclic amines) is 1. The molecule has 0 aliphatic carbocycles. The second-order valence-corrected chi connectivity index (χ2v) is 7.28. The Bertz CT molecular complexity index is 506. The van der Waals surface area contributed by atoms with E-state index < -0.39 is 0 Å². The Morgan fingerprint density at radius 1 is 1.38 bits per heavy atom. The molecule has 0 saturated carbocycles. The Labute approximate surface area is 168 Å². The molecular weight excluding hydrogens is 431 g/mol. The fourth-order valence-corrected chi connectivity index (χ4v) is 3.55. The molecule has 0 radical (unpaired) electrons. The van der Waals surface area contributed by atoms with Crippen LogP contribution in [-0.4, -0.2) is 62.8 Å². The summed E-state index contributed by atoms with van der Waals surface area (Å²) in [7, 11) is 6.18. The molecule has 1 fully saturated rings. The molecule has 24 heavy (non-hydrogen) atoms. The quantitative estimate of drug-likeness (QED) is 0.315. The van der Waals surface area contributed by atoms with Crippen LogP contribution in [0.2, 0.25) is 0 Å². The van der Waals surface area contributed by atoms with E-state index in [1.807, 2.05) is 7.05 Å². The van der Waals surface area contributed by atoms with Gasteiger partial charge in [0.05, 0.1) is 0 Å². The topological polar surface area (TPSA) is 30.9 Å². The molecule has 1 saturated heterocycles. The van der Waals surface area contributed by atoms with E-state index in [9.17, 15) is 0 Å². The van der Waals surface area contributed by atoms with Crippen molar-refractivity contribution in [1.82, 2.24) is 15.1 Å². The third kappa shape index (κ3) is 6.80. The zero-order chi connectivity index (χ0) is 16.7. The summed E-state index contributed by atoms with van der Waals surface area (Å²) in [6.07, 6.45) is 4.73. The number of hydrogen-bond acceptors (Lipinski definition) is 3. The number of rotatable bonds is 5. The van der Waals surface area contributed by atoms with Crippen LogP contribution >= 0.6 is 35.7 Å². The van der Waals surface area contributed by atoms with Crippen molar-refractivity contribution in [3.05, 3.63) is 29.8 Å². The lowest BCUT2D eigenvalue weighted by Gasteiger charge is -2.31. The molecule has 1 aromatic carbocycles. The molecule has 1 unspecified atom stereocenters. The first-order valence-electron chi connectivity index (χ1n) is 8.35. The van der Waals surface area contributed by atoms with Gasteiger partial charge >= 0.3 is 0 Å². The van der Waals surface area contributed by atoms with Crippen molar-refractivity contribution in [3.63, 3.8) is 0 Å². The van der Waals surface area contributed by atoms with Gasteiger partial charge < -0.3 is 15.1 Å². The summed E-state index contributed by atoms with van der Waals surface area (Å²) in [5.74, 6) is 1.70. The number of piperidine rings is 1. The van der Waals surface area contributed by atoms with Crippen molar-refractivity contribution >= 4 is 41.7 Å². The molecule has 0 spiro atoms. The number of nitrogens with zero attached hydrogens (tertiary/aromatic N) is 3. The minimum absolute atomic E-state index is 0. The second kappa shape index (κ2) is 11.2. The Morgan fingerprint density at radius 3 is 2.67 bits per heavy atom. The van der Waals surface area contributed by atoms with E-state index in [1.165, 1.54) is 36.4 Å². The van der Waals surface area contributed by atoms with Gasteiger partial charge in [-0.2, -0.15) is 0 Å². The minimum Gasteiger partial charge on any atom is -0.356 e. The second-order valence-electron chi connectivity index (χ2n) is 6.40. The molecule has 1 aromatic rings. The molecule has 0 amide bonds. The Kier molecular flexibility index (Phi) is 10.1. The molecule has 4 nitrogen and oxygen atoms in total. The fourth-order valence-electron chi connectivity index (χ4n) is 3.14. The molecule has 136 valence electrons. The third-order valence-electron chi connectivity index (χ3n) is 4.42. The zero-order valence-electron chi connectivity index (χ0n) is 15.3. The van der Waals surface area contributed by atoms with Crippen LogP contribution in [-0.2, 0) is 6.54 Å². The van der Waals surface area contributed by atoms with Crippen molar-refractivity contribution in [3.8, 4) is 0 Å². The third-order valence-corrected chi connectivity index (χ3v) is 5.17. The molecular formula is C18H31IN4S. The number of halogens is 1. The van der Waals surface area contributed by atoms with Crippen LogP contribution in [0.1, 0.15) is 18.4 Å². The lowest BCUT2D eigenvalue weighted by atomic mass is 9.98. The number of nitrogens with one attached hydrogen (secondary N) is 1. The Balaban J connectivity index is 0.00000288. The van der Waals surface area contributed by atoms with Gasteiger partial charge in [-0.3, -0.25) is 4.99 Å². The molecule has 1 heterocycles. The molecule has 1 N–H and O–H groups in total. The van der Waals surface area contributed by atoms with E-state index in [0.717, 1.165) is 25.0 Å². The lowest BCUT2D eigenvalue weighted by molar-refractivity contribution is 0.209. The molecule has 1 atom stereocenters. The first-order valence-corrected chi connectivity index (χ1v) is 9.58. The van der Waals surface area contributed by atoms with Crippen LogP contribution in [0.3, 0.4) is 0 Å². The largest absolute Gasteiger partial charge is 0.356 e. The summed E-state index contributed by atoms with van der Waals surface area (Å²) in [5, 5.41) is 3.55. The number of thioether (sulfide) groups is 1. The fraction of sp³-hybridized carbons (Fsp3) is 0.611. The van der Waals surface area contributed by atoms with Crippen molar-refractivity contribution in [1.29, 1.82) is 0 Å². The molecule has 1 aliphatic heterocycles. The molecule has 1 aliphatic rings. The Hall–Kier alpha value is -0.470. The van der Waals surface area contributed by atoms with E-state index in [0.29, 0.717) is 0 Å². The highest BCUT2D eigenvalue weighted by Gasteiger charge is 2.18. The summed E-state index contributed by atoms with van der Waals surface area (Å²) in [6.45, 7) is 4.30. The van der Waals surface area contributed by atoms with E-state index in [1.54, 1.807) is 11.8 Å². The molecule has 2 rings (SSSR count). The number of hydrogen-bond donors (Lipinski definition) is 1. The first kappa shape index (κ1) is 21.6. The average molecular weight is 462 g/mol. The summed E-state index contributed by atoms with van der Waals surface area (Å²) in [4.78, 5) is 10.4. The maximum Gasteiger partial charge on any atom is 0.193 e. The average Bonchev–Trinajstić information content (AvgIpc) is 2.56. The van der Waals surface area contributed by atoms with Crippen LogP contribution in [0.4, 0.5) is 0 Å². The highest BCUT2D eigenvalue weighted by molar-refractivity contribution is 14.0. The maximum atomic E-state index is 4.44. The van der Waals surface area contributed by atoms with E-state index >= 15 is 0 Å².